The van der Waals surface area contributed by atoms with E-state index in [1.54, 1.807) is 13.0 Å². The van der Waals surface area contributed by atoms with Gasteiger partial charge in [-0.3, -0.25) is 4.79 Å². The molecule has 3 N–H and O–H groups in total. The van der Waals surface area contributed by atoms with Gasteiger partial charge in [0.15, 0.2) is 0 Å². The zero-order chi connectivity index (χ0) is 17.7. The lowest BCUT2D eigenvalue weighted by Gasteiger charge is -2.35. The minimum Gasteiger partial charge on any atom is -0.354 e. The van der Waals surface area contributed by atoms with Gasteiger partial charge >= 0.3 is 0 Å². The molecule has 0 bridgehead atoms. The maximum absolute atomic E-state index is 14.2. The van der Waals surface area contributed by atoms with Gasteiger partial charge in [-0.2, -0.15) is 4.31 Å². The number of sulfonamides is 1. The largest absolute Gasteiger partial charge is 0.354 e. The molecule has 1 aliphatic rings. The molecular weight excluding hydrogens is 369 g/mol. The molecule has 1 atom stereocenters. The van der Waals surface area contributed by atoms with Crippen molar-refractivity contribution in [2.45, 2.75) is 43.5 Å². The SMILES string of the molecule is Cc1cccc(F)c1S(=O)(=O)N1CCCCC1CNC(=O)CCN.Cl. The van der Waals surface area contributed by atoms with Crippen LogP contribution in [0.4, 0.5) is 4.39 Å². The molecule has 1 saturated heterocycles. The number of carbonyl (C=O) groups is 1. The predicted molar refractivity (Wildman–Crippen MR) is 96.6 cm³/mol. The van der Waals surface area contributed by atoms with E-state index in [0.717, 1.165) is 18.9 Å². The number of amides is 1. The van der Waals surface area contributed by atoms with Crippen molar-refractivity contribution in [3.05, 3.63) is 29.6 Å². The van der Waals surface area contributed by atoms with Crippen LogP contribution in [0.2, 0.25) is 0 Å². The van der Waals surface area contributed by atoms with Gasteiger partial charge in [0.2, 0.25) is 15.9 Å². The van der Waals surface area contributed by atoms with Crippen LogP contribution in [0.5, 0.6) is 0 Å². The Morgan fingerprint density at radius 2 is 2.12 bits per heavy atom. The lowest BCUT2D eigenvalue weighted by Crippen LogP contribution is -2.49. The van der Waals surface area contributed by atoms with Crippen molar-refractivity contribution in [3.63, 3.8) is 0 Å². The van der Waals surface area contributed by atoms with E-state index in [-0.39, 0.29) is 48.8 Å². The first-order valence-electron chi connectivity index (χ1n) is 8.11. The Bertz CT molecular complexity index is 680. The van der Waals surface area contributed by atoms with E-state index in [2.05, 4.69) is 5.32 Å². The van der Waals surface area contributed by atoms with Crippen LogP contribution in [0, 0.1) is 12.7 Å². The van der Waals surface area contributed by atoms with E-state index in [0.29, 0.717) is 18.5 Å². The van der Waals surface area contributed by atoms with Crippen LogP contribution in [-0.2, 0) is 14.8 Å². The second-order valence-electron chi connectivity index (χ2n) is 5.99. The van der Waals surface area contributed by atoms with Gasteiger partial charge < -0.3 is 11.1 Å². The maximum atomic E-state index is 14.2. The zero-order valence-electron chi connectivity index (χ0n) is 14.2. The molecule has 6 nitrogen and oxygen atoms in total. The van der Waals surface area contributed by atoms with Crippen LogP contribution in [0.1, 0.15) is 31.2 Å². The molecule has 1 aliphatic heterocycles. The number of nitrogens with one attached hydrogen (secondary N) is 1. The summed E-state index contributed by atoms with van der Waals surface area (Å²) in [6.45, 7) is 2.37. The minimum absolute atomic E-state index is 0. The van der Waals surface area contributed by atoms with Crippen molar-refractivity contribution >= 4 is 28.3 Å². The molecule has 1 heterocycles. The predicted octanol–water partition coefficient (Wildman–Crippen LogP) is 1.56. The van der Waals surface area contributed by atoms with E-state index in [9.17, 15) is 17.6 Å². The Hall–Kier alpha value is -1.22. The summed E-state index contributed by atoms with van der Waals surface area (Å²) in [5.74, 6) is -0.950. The number of rotatable bonds is 6. The monoisotopic (exact) mass is 393 g/mol. The van der Waals surface area contributed by atoms with Gasteiger partial charge in [0.25, 0.3) is 0 Å². The Morgan fingerprint density at radius 3 is 2.76 bits per heavy atom. The molecule has 1 amide bonds. The average molecular weight is 394 g/mol. The van der Waals surface area contributed by atoms with E-state index in [1.807, 2.05) is 0 Å². The number of nitrogens with zero attached hydrogens (tertiary/aromatic N) is 1. The van der Waals surface area contributed by atoms with Gasteiger partial charge in [-0.05, 0) is 31.4 Å². The molecule has 2 rings (SSSR count). The lowest BCUT2D eigenvalue weighted by molar-refractivity contribution is -0.121. The first kappa shape index (κ1) is 21.8. The molecule has 9 heteroatoms. The highest BCUT2D eigenvalue weighted by atomic mass is 35.5. The summed E-state index contributed by atoms with van der Waals surface area (Å²) < 4.78 is 41.4. The van der Waals surface area contributed by atoms with Gasteiger partial charge in [0.1, 0.15) is 10.7 Å². The third-order valence-corrected chi connectivity index (χ3v) is 6.34. The summed E-state index contributed by atoms with van der Waals surface area (Å²) in [4.78, 5) is 11.3. The normalized spacial score (nSPS) is 18.4. The summed E-state index contributed by atoms with van der Waals surface area (Å²) in [6, 6.07) is 3.86. The average Bonchev–Trinajstić information content (AvgIpc) is 2.53. The lowest BCUT2D eigenvalue weighted by atomic mass is 10.1. The van der Waals surface area contributed by atoms with Crippen LogP contribution >= 0.6 is 12.4 Å². The smallest absolute Gasteiger partial charge is 0.246 e. The topological polar surface area (TPSA) is 92.5 Å². The molecule has 142 valence electrons. The molecular formula is C16H25ClFN3O3S. The fraction of sp³-hybridized carbons (Fsp3) is 0.562. The van der Waals surface area contributed by atoms with Crippen LogP contribution in [0.15, 0.2) is 23.1 Å². The second-order valence-corrected chi connectivity index (χ2v) is 7.82. The second kappa shape index (κ2) is 9.47. The van der Waals surface area contributed by atoms with Crippen LogP contribution in [0.25, 0.3) is 0 Å². The fourth-order valence-electron chi connectivity index (χ4n) is 3.01. The number of benzene rings is 1. The summed E-state index contributed by atoms with van der Waals surface area (Å²) in [5, 5.41) is 2.72. The third-order valence-electron chi connectivity index (χ3n) is 4.21. The van der Waals surface area contributed by atoms with Crippen LogP contribution in [-0.4, -0.2) is 44.3 Å². The molecule has 0 saturated carbocycles. The molecule has 0 aromatic heterocycles. The maximum Gasteiger partial charge on any atom is 0.246 e. The summed E-state index contributed by atoms with van der Waals surface area (Å²) in [5.41, 5.74) is 5.72. The van der Waals surface area contributed by atoms with Gasteiger partial charge in [-0.1, -0.05) is 18.6 Å². The highest BCUT2D eigenvalue weighted by molar-refractivity contribution is 7.89. The summed E-state index contributed by atoms with van der Waals surface area (Å²) in [7, 11) is -3.95. The van der Waals surface area contributed by atoms with Crippen molar-refractivity contribution in [2.75, 3.05) is 19.6 Å². The number of hydrogen-bond acceptors (Lipinski definition) is 4. The first-order valence-corrected chi connectivity index (χ1v) is 9.55. The highest BCUT2D eigenvalue weighted by Gasteiger charge is 2.36. The van der Waals surface area contributed by atoms with Crippen molar-refractivity contribution in [3.8, 4) is 0 Å². The van der Waals surface area contributed by atoms with E-state index < -0.39 is 15.8 Å². The highest BCUT2D eigenvalue weighted by Crippen LogP contribution is 2.28. The molecule has 1 fully saturated rings. The quantitative estimate of drug-likeness (QED) is 0.767. The van der Waals surface area contributed by atoms with E-state index in [1.165, 1.54) is 10.4 Å². The Labute approximate surface area is 154 Å². The number of piperidine rings is 1. The van der Waals surface area contributed by atoms with Crippen molar-refractivity contribution in [1.29, 1.82) is 0 Å². The van der Waals surface area contributed by atoms with Crippen molar-refractivity contribution < 1.29 is 17.6 Å². The first-order chi connectivity index (χ1) is 11.4. The Kier molecular flexibility index (Phi) is 8.27. The number of hydrogen-bond donors (Lipinski definition) is 2. The van der Waals surface area contributed by atoms with Crippen LogP contribution < -0.4 is 11.1 Å². The summed E-state index contributed by atoms with van der Waals surface area (Å²) in [6.07, 6.45) is 2.43. The number of nitrogens with two attached hydrogens (primary N) is 1. The fourth-order valence-corrected chi connectivity index (χ4v) is 4.97. The van der Waals surface area contributed by atoms with Gasteiger partial charge in [0, 0.05) is 32.1 Å². The standard InChI is InChI=1S/C16H24FN3O3S.ClH/c1-12-5-4-7-14(17)16(12)24(22,23)20-10-3-2-6-13(20)11-19-15(21)8-9-18;/h4-5,7,13H,2-3,6,8-11,18H2,1H3,(H,19,21);1H. The molecule has 25 heavy (non-hydrogen) atoms. The molecule has 1 aromatic rings. The van der Waals surface area contributed by atoms with Gasteiger partial charge in [-0.25, -0.2) is 12.8 Å². The third kappa shape index (κ3) is 5.13. The van der Waals surface area contributed by atoms with E-state index in [4.69, 9.17) is 5.73 Å². The van der Waals surface area contributed by atoms with Crippen LogP contribution in [0.3, 0.4) is 0 Å². The molecule has 0 spiro atoms. The zero-order valence-corrected chi connectivity index (χ0v) is 15.8. The van der Waals surface area contributed by atoms with Gasteiger partial charge in [-0.15, -0.1) is 12.4 Å². The molecule has 0 radical (unpaired) electrons. The molecule has 1 unspecified atom stereocenters. The van der Waals surface area contributed by atoms with Gasteiger partial charge in [0.05, 0.1) is 0 Å². The van der Waals surface area contributed by atoms with Crippen molar-refractivity contribution in [1.82, 2.24) is 9.62 Å². The summed E-state index contributed by atoms with van der Waals surface area (Å²) >= 11 is 0. The number of aryl methyl sites for hydroxylation is 1. The van der Waals surface area contributed by atoms with E-state index >= 15 is 0 Å². The van der Waals surface area contributed by atoms with Crippen molar-refractivity contribution in [2.24, 2.45) is 5.73 Å². The number of halogens is 2. The Morgan fingerprint density at radius 1 is 1.40 bits per heavy atom. The number of carbonyl (C=O) groups excluding carboxylic acids is 1. The Balaban J connectivity index is 0.00000312. The molecule has 1 aromatic carbocycles. The molecule has 0 aliphatic carbocycles. The minimum atomic E-state index is -3.95.